The zero-order valence-corrected chi connectivity index (χ0v) is 9.04. The summed E-state index contributed by atoms with van der Waals surface area (Å²) in [5.41, 5.74) is 5.61. The molecule has 2 unspecified atom stereocenters. The minimum Gasteiger partial charge on any atom is -0.370 e. The fraction of sp³-hybridized carbons (Fsp3) is 0.667. The van der Waals surface area contributed by atoms with E-state index in [1.807, 2.05) is 11.6 Å². The Morgan fingerprint density at radius 1 is 1.71 bits per heavy atom. The van der Waals surface area contributed by atoms with E-state index in [0.29, 0.717) is 6.54 Å². The first-order valence-corrected chi connectivity index (χ1v) is 5.67. The molecule has 0 aliphatic carbocycles. The molecule has 1 fully saturated rings. The zero-order chi connectivity index (χ0) is 9.97. The first kappa shape index (κ1) is 9.89. The van der Waals surface area contributed by atoms with Crippen LogP contribution in [0.15, 0.2) is 11.6 Å². The summed E-state index contributed by atoms with van der Waals surface area (Å²) in [6.07, 6.45) is 2.21. The van der Waals surface area contributed by atoms with Crippen molar-refractivity contribution in [2.75, 3.05) is 24.5 Å². The van der Waals surface area contributed by atoms with Crippen LogP contribution in [0.2, 0.25) is 0 Å². The molecule has 0 bridgehead atoms. The predicted molar refractivity (Wildman–Crippen MR) is 57.7 cm³/mol. The largest absolute Gasteiger partial charge is 0.370 e. The Hall–Kier alpha value is -0.650. The lowest BCUT2D eigenvalue weighted by Crippen LogP contribution is -2.49. The molecule has 5 heteroatoms. The molecule has 0 aromatic carbocycles. The summed E-state index contributed by atoms with van der Waals surface area (Å²) in [5.74, 6) is 0. The minimum atomic E-state index is 0.141. The third-order valence-electron chi connectivity index (χ3n) is 2.28. The summed E-state index contributed by atoms with van der Waals surface area (Å²) in [6, 6.07) is 0. The van der Waals surface area contributed by atoms with Gasteiger partial charge in [-0.15, -0.1) is 11.3 Å². The van der Waals surface area contributed by atoms with Gasteiger partial charge in [-0.05, 0) is 6.92 Å². The maximum absolute atomic E-state index is 5.67. The van der Waals surface area contributed by atoms with Gasteiger partial charge in [-0.3, -0.25) is 0 Å². The Bertz CT molecular complexity index is 278. The second-order valence-electron chi connectivity index (χ2n) is 3.52. The van der Waals surface area contributed by atoms with Gasteiger partial charge in [-0.1, -0.05) is 0 Å². The highest BCUT2D eigenvalue weighted by molar-refractivity contribution is 7.13. The van der Waals surface area contributed by atoms with Crippen molar-refractivity contribution in [3.8, 4) is 0 Å². The Morgan fingerprint density at radius 3 is 3.21 bits per heavy atom. The van der Waals surface area contributed by atoms with Gasteiger partial charge in [0.2, 0.25) is 0 Å². The van der Waals surface area contributed by atoms with Gasteiger partial charge in [0.25, 0.3) is 0 Å². The Balaban J connectivity index is 2.05. The molecule has 1 aliphatic heterocycles. The molecule has 78 valence electrons. The summed E-state index contributed by atoms with van der Waals surface area (Å²) in [4.78, 5) is 6.54. The number of nitrogens with two attached hydrogens (primary N) is 1. The van der Waals surface area contributed by atoms with E-state index in [-0.39, 0.29) is 12.2 Å². The van der Waals surface area contributed by atoms with Crippen molar-refractivity contribution in [3.63, 3.8) is 0 Å². The lowest BCUT2D eigenvalue weighted by Gasteiger charge is -2.36. The number of nitrogens with zero attached hydrogens (tertiary/aromatic N) is 2. The van der Waals surface area contributed by atoms with E-state index < -0.39 is 0 Å². The van der Waals surface area contributed by atoms with E-state index in [1.165, 1.54) is 0 Å². The smallest absolute Gasteiger partial charge is 0.185 e. The molecule has 2 rings (SSSR count). The number of hydrogen-bond donors (Lipinski definition) is 1. The number of ether oxygens (including phenoxy) is 1. The highest BCUT2D eigenvalue weighted by Crippen LogP contribution is 2.21. The van der Waals surface area contributed by atoms with Gasteiger partial charge in [0.05, 0.1) is 12.2 Å². The number of anilines is 1. The molecule has 1 saturated heterocycles. The minimum absolute atomic E-state index is 0.141. The standard InChI is InChI=1S/C9H15N3OS/c1-7-5-12(6-8(4-10)13-7)9-11-2-3-14-9/h2-3,7-8H,4-6,10H2,1H3. The maximum Gasteiger partial charge on any atom is 0.185 e. The number of hydrogen-bond acceptors (Lipinski definition) is 5. The van der Waals surface area contributed by atoms with Crippen molar-refractivity contribution in [1.29, 1.82) is 0 Å². The normalized spacial score (nSPS) is 28.0. The Morgan fingerprint density at radius 2 is 2.57 bits per heavy atom. The number of aromatic nitrogens is 1. The van der Waals surface area contributed by atoms with E-state index in [1.54, 1.807) is 11.3 Å². The average molecular weight is 213 g/mol. The molecule has 2 N–H and O–H groups in total. The second-order valence-corrected chi connectivity index (χ2v) is 4.40. The average Bonchev–Trinajstić information content (AvgIpc) is 2.69. The summed E-state index contributed by atoms with van der Waals surface area (Å²) < 4.78 is 5.67. The van der Waals surface area contributed by atoms with Gasteiger partial charge in [0.1, 0.15) is 0 Å². The number of thiazole rings is 1. The summed E-state index contributed by atoms with van der Waals surface area (Å²) in [7, 11) is 0. The quantitative estimate of drug-likeness (QED) is 0.785. The van der Waals surface area contributed by atoms with E-state index in [9.17, 15) is 0 Å². The molecule has 1 aliphatic rings. The molecule has 14 heavy (non-hydrogen) atoms. The lowest BCUT2D eigenvalue weighted by atomic mass is 10.2. The van der Waals surface area contributed by atoms with Crippen molar-refractivity contribution in [1.82, 2.24) is 4.98 Å². The third-order valence-corrected chi connectivity index (χ3v) is 3.11. The molecule has 0 saturated carbocycles. The fourth-order valence-corrected chi connectivity index (χ4v) is 2.37. The predicted octanol–water partition coefficient (Wildman–Crippen LogP) is 0.696. The van der Waals surface area contributed by atoms with Crippen molar-refractivity contribution < 1.29 is 4.74 Å². The molecule has 0 amide bonds. The van der Waals surface area contributed by atoms with E-state index >= 15 is 0 Å². The Kier molecular flexibility index (Phi) is 3.00. The topological polar surface area (TPSA) is 51.4 Å². The molecule has 1 aromatic heterocycles. The molecule has 2 atom stereocenters. The van der Waals surface area contributed by atoms with Gasteiger partial charge in [0, 0.05) is 31.2 Å². The van der Waals surface area contributed by atoms with Crippen LogP contribution in [-0.4, -0.2) is 36.8 Å². The SMILES string of the molecule is CC1CN(c2nccs2)CC(CN)O1. The van der Waals surface area contributed by atoms with Crippen LogP contribution in [0.1, 0.15) is 6.92 Å². The molecule has 0 radical (unpaired) electrons. The van der Waals surface area contributed by atoms with Crippen LogP contribution >= 0.6 is 11.3 Å². The third kappa shape index (κ3) is 2.05. The van der Waals surface area contributed by atoms with Crippen LogP contribution in [0, 0.1) is 0 Å². The van der Waals surface area contributed by atoms with Crippen LogP contribution in [0.25, 0.3) is 0 Å². The van der Waals surface area contributed by atoms with Crippen LogP contribution in [0.5, 0.6) is 0 Å². The summed E-state index contributed by atoms with van der Waals surface area (Å²) in [6.45, 7) is 4.41. The summed E-state index contributed by atoms with van der Waals surface area (Å²) >= 11 is 1.66. The van der Waals surface area contributed by atoms with Gasteiger partial charge < -0.3 is 15.4 Å². The van der Waals surface area contributed by atoms with Crippen LogP contribution in [0.4, 0.5) is 5.13 Å². The monoisotopic (exact) mass is 213 g/mol. The molecule has 0 spiro atoms. The molecule has 2 heterocycles. The van der Waals surface area contributed by atoms with Crippen LogP contribution in [-0.2, 0) is 4.74 Å². The lowest BCUT2D eigenvalue weighted by molar-refractivity contribution is -0.0104. The van der Waals surface area contributed by atoms with Crippen molar-refractivity contribution in [2.45, 2.75) is 19.1 Å². The fourth-order valence-electron chi connectivity index (χ4n) is 1.70. The van der Waals surface area contributed by atoms with Gasteiger partial charge >= 0.3 is 0 Å². The summed E-state index contributed by atoms with van der Waals surface area (Å²) in [5, 5.41) is 3.06. The molecular formula is C9H15N3OS. The van der Waals surface area contributed by atoms with Gasteiger partial charge in [-0.25, -0.2) is 4.98 Å². The number of rotatable bonds is 2. The second kappa shape index (κ2) is 4.25. The van der Waals surface area contributed by atoms with Crippen LogP contribution < -0.4 is 10.6 Å². The Labute approximate surface area is 87.7 Å². The van der Waals surface area contributed by atoms with E-state index in [4.69, 9.17) is 10.5 Å². The van der Waals surface area contributed by atoms with E-state index in [2.05, 4.69) is 16.8 Å². The first-order valence-electron chi connectivity index (χ1n) is 4.79. The van der Waals surface area contributed by atoms with Crippen molar-refractivity contribution in [2.24, 2.45) is 5.73 Å². The zero-order valence-electron chi connectivity index (χ0n) is 8.22. The first-order chi connectivity index (χ1) is 6.79. The highest BCUT2D eigenvalue weighted by atomic mass is 32.1. The highest BCUT2D eigenvalue weighted by Gasteiger charge is 2.25. The van der Waals surface area contributed by atoms with Gasteiger partial charge in [0.15, 0.2) is 5.13 Å². The maximum atomic E-state index is 5.67. The number of morpholine rings is 1. The van der Waals surface area contributed by atoms with E-state index in [0.717, 1.165) is 18.2 Å². The van der Waals surface area contributed by atoms with Gasteiger partial charge in [-0.2, -0.15) is 0 Å². The van der Waals surface area contributed by atoms with Crippen LogP contribution in [0.3, 0.4) is 0 Å². The molecule has 1 aromatic rings. The van der Waals surface area contributed by atoms with Crippen molar-refractivity contribution in [3.05, 3.63) is 11.6 Å². The molecule has 4 nitrogen and oxygen atoms in total. The molecular weight excluding hydrogens is 198 g/mol. The van der Waals surface area contributed by atoms with Crippen molar-refractivity contribution >= 4 is 16.5 Å².